The number of rotatable bonds is 5. The monoisotopic (exact) mass is 243 g/mol. The molecule has 0 aromatic carbocycles. The summed E-state index contributed by atoms with van der Waals surface area (Å²) in [6.07, 6.45) is 6.25. The SMILES string of the molecule is CCCN(CCCl)C(=O)C1C2CCCCC21. The van der Waals surface area contributed by atoms with Crippen molar-refractivity contribution in [3.8, 4) is 0 Å². The zero-order chi connectivity index (χ0) is 11.5. The lowest BCUT2D eigenvalue weighted by molar-refractivity contribution is -0.133. The fourth-order valence-corrected chi connectivity index (χ4v) is 3.48. The average Bonchev–Trinajstić information content (AvgIpc) is 3.02. The first-order valence-corrected chi connectivity index (χ1v) is 7.17. The minimum absolute atomic E-state index is 0.359. The molecule has 2 fully saturated rings. The minimum atomic E-state index is 0.359. The molecule has 0 saturated heterocycles. The Morgan fingerprint density at radius 2 is 1.88 bits per heavy atom. The van der Waals surface area contributed by atoms with Crippen molar-refractivity contribution in [2.24, 2.45) is 17.8 Å². The van der Waals surface area contributed by atoms with Gasteiger partial charge in [0.25, 0.3) is 0 Å². The van der Waals surface area contributed by atoms with Crippen LogP contribution in [-0.4, -0.2) is 29.8 Å². The van der Waals surface area contributed by atoms with Crippen LogP contribution in [-0.2, 0) is 4.79 Å². The van der Waals surface area contributed by atoms with E-state index in [4.69, 9.17) is 11.6 Å². The van der Waals surface area contributed by atoms with Gasteiger partial charge in [-0.05, 0) is 31.1 Å². The van der Waals surface area contributed by atoms with Gasteiger partial charge in [-0.1, -0.05) is 19.8 Å². The molecule has 0 aromatic heterocycles. The quantitative estimate of drug-likeness (QED) is 0.680. The Hall–Kier alpha value is -0.240. The van der Waals surface area contributed by atoms with Gasteiger partial charge in [0.1, 0.15) is 0 Å². The molecule has 0 aromatic rings. The van der Waals surface area contributed by atoms with E-state index < -0.39 is 0 Å². The average molecular weight is 244 g/mol. The van der Waals surface area contributed by atoms with Gasteiger partial charge in [-0.3, -0.25) is 4.79 Å². The molecule has 2 unspecified atom stereocenters. The van der Waals surface area contributed by atoms with Gasteiger partial charge in [0.05, 0.1) is 0 Å². The molecule has 0 N–H and O–H groups in total. The third-order valence-corrected chi connectivity index (χ3v) is 4.27. The number of carbonyl (C=O) groups excluding carboxylic acids is 1. The summed E-state index contributed by atoms with van der Waals surface area (Å²) in [6.45, 7) is 3.72. The maximum absolute atomic E-state index is 12.3. The molecule has 0 bridgehead atoms. The van der Waals surface area contributed by atoms with Gasteiger partial charge < -0.3 is 4.90 Å². The Morgan fingerprint density at radius 1 is 1.25 bits per heavy atom. The summed E-state index contributed by atoms with van der Waals surface area (Å²) in [5, 5.41) is 0. The lowest BCUT2D eigenvalue weighted by atomic mass is 10.0. The Balaban J connectivity index is 1.90. The zero-order valence-corrected chi connectivity index (χ0v) is 10.9. The number of halogens is 1. The van der Waals surface area contributed by atoms with Crippen molar-refractivity contribution in [3.63, 3.8) is 0 Å². The van der Waals surface area contributed by atoms with Crippen LogP contribution in [0.4, 0.5) is 0 Å². The molecule has 2 aliphatic rings. The van der Waals surface area contributed by atoms with Crippen LogP contribution in [0.1, 0.15) is 39.0 Å². The van der Waals surface area contributed by atoms with Gasteiger partial charge in [-0.15, -0.1) is 11.6 Å². The lowest BCUT2D eigenvalue weighted by Gasteiger charge is -2.21. The van der Waals surface area contributed by atoms with E-state index in [9.17, 15) is 4.79 Å². The molecule has 2 aliphatic carbocycles. The van der Waals surface area contributed by atoms with E-state index in [1.165, 1.54) is 25.7 Å². The van der Waals surface area contributed by atoms with Crippen molar-refractivity contribution < 1.29 is 4.79 Å². The molecule has 0 spiro atoms. The first-order valence-electron chi connectivity index (χ1n) is 6.64. The summed E-state index contributed by atoms with van der Waals surface area (Å²) in [4.78, 5) is 14.3. The Labute approximate surface area is 103 Å². The molecule has 92 valence electrons. The number of amides is 1. The first kappa shape index (κ1) is 12.2. The molecule has 2 nitrogen and oxygen atoms in total. The molecule has 2 rings (SSSR count). The number of fused-ring (bicyclic) bond motifs is 1. The molecule has 3 heteroatoms. The summed E-state index contributed by atoms with van der Waals surface area (Å²) in [7, 11) is 0. The van der Waals surface area contributed by atoms with Gasteiger partial charge in [0.2, 0.25) is 5.91 Å². The highest BCUT2D eigenvalue weighted by atomic mass is 35.5. The van der Waals surface area contributed by atoms with Crippen LogP contribution < -0.4 is 0 Å². The van der Waals surface area contributed by atoms with Crippen LogP contribution in [0.3, 0.4) is 0 Å². The van der Waals surface area contributed by atoms with Crippen LogP contribution in [0.2, 0.25) is 0 Å². The number of alkyl halides is 1. The fraction of sp³-hybridized carbons (Fsp3) is 0.923. The van der Waals surface area contributed by atoms with Crippen molar-refractivity contribution in [1.29, 1.82) is 0 Å². The summed E-state index contributed by atoms with van der Waals surface area (Å²) in [5.41, 5.74) is 0. The smallest absolute Gasteiger partial charge is 0.226 e. The number of hydrogen-bond acceptors (Lipinski definition) is 1. The first-order chi connectivity index (χ1) is 7.79. The van der Waals surface area contributed by atoms with Gasteiger partial charge >= 0.3 is 0 Å². The van der Waals surface area contributed by atoms with Crippen molar-refractivity contribution in [2.45, 2.75) is 39.0 Å². The van der Waals surface area contributed by atoms with E-state index in [0.717, 1.165) is 31.3 Å². The zero-order valence-electron chi connectivity index (χ0n) is 10.1. The molecular weight excluding hydrogens is 222 g/mol. The maximum atomic E-state index is 12.3. The summed E-state index contributed by atoms with van der Waals surface area (Å²) >= 11 is 5.76. The number of nitrogens with zero attached hydrogens (tertiary/aromatic N) is 1. The summed E-state index contributed by atoms with van der Waals surface area (Å²) in [5.74, 6) is 2.75. The molecule has 0 aliphatic heterocycles. The van der Waals surface area contributed by atoms with Crippen molar-refractivity contribution in [3.05, 3.63) is 0 Å². The fourth-order valence-electron chi connectivity index (χ4n) is 3.27. The Bertz CT molecular complexity index is 234. The van der Waals surface area contributed by atoms with Gasteiger partial charge in [0, 0.05) is 24.9 Å². The predicted octanol–water partition coefficient (Wildman–Crippen LogP) is 2.90. The standard InChI is InChI=1S/C13H22ClNO/c1-2-8-15(9-7-14)13(16)12-10-5-3-4-6-11(10)12/h10-12H,2-9H2,1H3. The van der Waals surface area contributed by atoms with Gasteiger partial charge in [-0.2, -0.15) is 0 Å². The van der Waals surface area contributed by atoms with Crippen molar-refractivity contribution >= 4 is 17.5 Å². The predicted molar refractivity (Wildman–Crippen MR) is 66.5 cm³/mol. The third kappa shape index (κ3) is 2.37. The molecule has 16 heavy (non-hydrogen) atoms. The second-order valence-corrected chi connectivity index (χ2v) is 5.53. The summed E-state index contributed by atoms with van der Waals surface area (Å²) < 4.78 is 0. The highest BCUT2D eigenvalue weighted by molar-refractivity contribution is 6.18. The molecule has 2 atom stereocenters. The number of hydrogen-bond donors (Lipinski definition) is 0. The van der Waals surface area contributed by atoms with Gasteiger partial charge in [-0.25, -0.2) is 0 Å². The van der Waals surface area contributed by atoms with Crippen LogP contribution in [0.25, 0.3) is 0 Å². The molecular formula is C13H22ClNO. The minimum Gasteiger partial charge on any atom is -0.341 e. The van der Waals surface area contributed by atoms with Crippen LogP contribution in [0, 0.1) is 17.8 Å². The maximum Gasteiger partial charge on any atom is 0.226 e. The summed E-state index contributed by atoms with van der Waals surface area (Å²) in [6, 6.07) is 0. The van der Waals surface area contributed by atoms with Crippen LogP contribution in [0.5, 0.6) is 0 Å². The molecule has 0 radical (unpaired) electrons. The topological polar surface area (TPSA) is 20.3 Å². The molecule has 0 heterocycles. The highest BCUT2D eigenvalue weighted by Crippen LogP contribution is 2.56. The van der Waals surface area contributed by atoms with Crippen molar-refractivity contribution in [1.82, 2.24) is 4.90 Å². The van der Waals surface area contributed by atoms with Crippen LogP contribution >= 0.6 is 11.6 Å². The second-order valence-electron chi connectivity index (χ2n) is 5.15. The highest BCUT2D eigenvalue weighted by Gasteiger charge is 2.55. The van der Waals surface area contributed by atoms with E-state index >= 15 is 0 Å². The molecule has 1 amide bonds. The Kier molecular flexibility index (Phi) is 4.12. The third-order valence-electron chi connectivity index (χ3n) is 4.10. The van der Waals surface area contributed by atoms with Gasteiger partial charge in [0.15, 0.2) is 0 Å². The molecule has 2 saturated carbocycles. The normalized spacial score (nSPS) is 32.0. The van der Waals surface area contributed by atoms with E-state index in [2.05, 4.69) is 6.92 Å². The lowest BCUT2D eigenvalue weighted by Crippen LogP contribution is -2.35. The van der Waals surface area contributed by atoms with Crippen LogP contribution in [0.15, 0.2) is 0 Å². The van der Waals surface area contributed by atoms with Crippen molar-refractivity contribution in [2.75, 3.05) is 19.0 Å². The van der Waals surface area contributed by atoms with E-state index in [1.54, 1.807) is 0 Å². The number of carbonyl (C=O) groups is 1. The van der Waals surface area contributed by atoms with E-state index in [1.807, 2.05) is 4.90 Å². The second kappa shape index (κ2) is 5.39. The van der Waals surface area contributed by atoms with E-state index in [0.29, 0.717) is 17.7 Å². The largest absolute Gasteiger partial charge is 0.341 e. The Morgan fingerprint density at radius 3 is 2.38 bits per heavy atom. The van der Waals surface area contributed by atoms with E-state index in [-0.39, 0.29) is 0 Å².